The van der Waals surface area contributed by atoms with Gasteiger partial charge in [0, 0.05) is 5.69 Å². The van der Waals surface area contributed by atoms with Gasteiger partial charge in [0.1, 0.15) is 5.75 Å². The van der Waals surface area contributed by atoms with Gasteiger partial charge in [-0.15, -0.1) is 0 Å². The monoisotopic (exact) mass is 761 g/mol. The van der Waals surface area contributed by atoms with Crippen molar-refractivity contribution in [2.75, 3.05) is 32.2 Å². The fourth-order valence-corrected chi connectivity index (χ4v) is 10.8. The van der Waals surface area contributed by atoms with E-state index < -0.39 is 12.0 Å². The number of allylic oxidation sites excluding steroid dienone is 1. The first-order valence-corrected chi connectivity index (χ1v) is 20.1. The number of hydrogen-bond acceptors (Lipinski definition) is 9. The molecule has 1 aliphatic heterocycles. The first kappa shape index (κ1) is 36.8. The molecular formula is C44H47N3O7S. The van der Waals surface area contributed by atoms with Crippen LogP contribution < -0.4 is 34.4 Å². The van der Waals surface area contributed by atoms with Crippen LogP contribution in [0.2, 0.25) is 0 Å². The minimum Gasteiger partial charge on any atom is -0.494 e. The number of rotatable bonds is 12. The van der Waals surface area contributed by atoms with E-state index in [1.54, 1.807) is 42.7 Å². The van der Waals surface area contributed by atoms with E-state index in [0.29, 0.717) is 55.4 Å². The SMILES string of the molecule is CCOC(=O)C1=C(C)N=c2s/c(=C/c3ccc(OCC(=O)Nc4ccc(C56CC7CC(CC(C7)C5)C6)cc4)c(OC)c3)c(=O)n2[C@@H]1c1ccc(OCC)cc1. The second-order valence-corrected chi connectivity index (χ2v) is 16.3. The highest BCUT2D eigenvalue weighted by Crippen LogP contribution is 2.60. The maximum absolute atomic E-state index is 14.1. The van der Waals surface area contributed by atoms with E-state index in [1.165, 1.54) is 62.5 Å². The quantitative estimate of drug-likeness (QED) is 0.160. The number of anilines is 1. The van der Waals surface area contributed by atoms with Crippen molar-refractivity contribution >= 4 is 35.0 Å². The van der Waals surface area contributed by atoms with Gasteiger partial charge in [-0.25, -0.2) is 9.79 Å². The predicted molar refractivity (Wildman–Crippen MR) is 211 cm³/mol. The van der Waals surface area contributed by atoms with Crippen LogP contribution in [0, 0.1) is 17.8 Å². The van der Waals surface area contributed by atoms with Crippen LogP contribution in [-0.2, 0) is 19.7 Å². The first-order chi connectivity index (χ1) is 26.7. The Balaban J connectivity index is 0.981. The van der Waals surface area contributed by atoms with E-state index >= 15 is 0 Å². The summed E-state index contributed by atoms with van der Waals surface area (Å²) in [4.78, 5) is 45.4. The Morgan fingerprint density at radius 3 is 2.24 bits per heavy atom. The summed E-state index contributed by atoms with van der Waals surface area (Å²) in [6, 6.07) is 20.4. The van der Waals surface area contributed by atoms with Gasteiger partial charge in [-0.3, -0.25) is 14.2 Å². The second kappa shape index (κ2) is 15.2. The molecule has 9 rings (SSSR count). The minimum atomic E-state index is -0.732. The van der Waals surface area contributed by atoms with E-state index in [4.69, 9.17) is 18.9 Å². The number of carbonyl (C=O) groups excluding carboxylic acids is 2. The fourth-order valence-electron chi connectivity index (χ4n) is 9.78. The number of nitrogens with one attached hydrogen (secondary N) is 1. The maximum Gasteiger partial charge on any atom is 0.338 e. The zero-order valence-electron chi connectivity index (χ0n) is 31.8. The van der Waals surface area contributed by atoms with Crippen molar-refractivity contribution in [2.45, 2.75) is 70.8 Å². The third kappa shape index (κ3) is 7.22. The molecule has 1 N–H and O–H groups in total. The average molecular weight is 762 g/mol. The van der Waals surface area contributed by atoms with Gasteiger partial charge in [-0.1, -0.05) is 41.7 Å². The van der Waals surface area contributed by atoms with Gasteiger partial charge in [0.05, 0.1) is 42.2 Å². The predicted octanol–water partition coefficient (Wildman–Crippen LogP) is 6.69. The summed E-state index contributed by atoms with van der Waals surface area (Å²) >= 11 is 1.24. The molecule has 1 amide bonds. The summed E-state index contributed by atoms with van der Waals surface area (Å²) in [5.41, 5.74) is 4.42. The summed E-state index contributed by atoms with van der Waals surface area (Å²) in [5, 5.41) is 2.97. The molecule has 10 nitrogen and oxygen atoms in total. The van der Waals surface area contributed by atoms with E-state index in [-0.39, 0.29) is 24.7 Å². The molecule has 2 heterocycles. The first-order valence-electron chi connectivity index (χ1n) is 19.3. The molecule has 55 heavy (non-hydrogen) atoms. The minimum absolute atomic E-state index is 0.192. The van der Waals surface area contributed by atoms with Crippen LogP contribution >= 0.6 is 11.3 Å². The van der Waals surface area contributed by atoms with E-state index in [9.17, 15) is 14.4 Å². The number of ether oxygens (including phenoxy) is 4. The molecule has 1 atom stereocenters. The summed E-state index contributed by atoms with van der Waals surface area (Å²) in [7, 11) is 1.53. The van der Waals surface area contributed by atoms with Crippen LogP contribution in [0.15, 0.2) is 87.8 Å². The molecule has 4 aliphatic carbocycles. The standard InChI is InChI=1S/C44H47N3O7S/c1-5-52-34-14-8-31(9-15-34)40-39(42(50)53-6-2)26(3)45-43-47(40)41(49)37(55-43)21-27-7-16-35(36(20-27)51-4)54-25-38(48)46-33-12-10-32(11-13-33)44-22-28-17-29(23-44)19-30(18-28)24-44/h7-16,20-21,28-30,40H,5-6,17-19,22-25H2,1-4H3,(H,46,48)/b37-21+/t28?,29?,30?,40-,44?/m1/s1. The molecule has 4 fully saturated rings. The number of aromatic nitrogens is 1. The van der Waals surface area contributed by atoms with Gasteiger partial charge in [0.15, 0.2) is 22.9 Å². The number of nitrogens with zero attached hydrogens (tertiary/aromatic N) is 2. The molecule has 0 radical (unpaired) electrons. The second-order valence-electron chi connectivity index (χ2n) is 15.3. The lowest BCUT2D eigenvalue weighted by Crippen LogP contribution is -2.48. The van der Waals surface area contributed by atoms with Gasteiger partial charge in [0.2, 0.25) is 0 Å². The third-order valence-corrected chi connectivity index (χ3v) is 12.7. The number of fused-ring (bicyclic) bond motifs is 1. The van der Waals surface area contributed by atoms with Gasteiger partial charge in [0.25, 0.3) is 11.5 Å². The molecule has 5 aliphatic rings. The van der Waals surface area contributed by atoms with Crippen molar-refractivity contribution in [1.82, 2.24) is 4.57 Å². The van der Waals surface area contributed by atoms with Crippen molar-refractivity contribution in [2.24, 2.45) is 22.7 Å². The zero-order chi connectivity index (χ0) is 38.3. The normalized spacial score (nSPS) is 23.9. The summed E-state index contributed by atoms with van der Waals surface area (Å²) in [6.45, 7) is 5.93. The van der Waals surface area contributed by atoms with Crippen molar-refractivity contribution in [3.05, 3.63) is 114 Å². The number of hydrogen-bond donors (Lipinski definition) is 1. The van der Waals surface area contributed by atoms with E-state index in [2.05, 4.69) is 22.4 Å². The van der Waals surface area contributed by atoms with Crippen molar-refractivity contribution in [3.8, 4) is 17.2 Å². The van der Waals surface area contributed by atoms with Crippen LogP contribution in [0.4, 0.5) is 5.69 Å². The van der Waals surface area contributed by atoms with Crippen LogP contribution in [0.25, 0.3) is 6.08 Å². The lowest BCUT2D eigenvalue weighted by Gasteiger charge is -2.57. The van der Waals surface area contributed by atoms with Gasteiger partial charge in [-0.2, -0.15) is 0 Å². The Kier molecular flexibility index (Phi) is 10.1. The molecule has 11 heteroatoms. The average Bonchev–Trinajstić information content (AvgIpc) is 3.47. The number of benzene rings is 3. The number of thiazole rings is 1. The molecule has 3 aromatic carbocycles. The molecule has 286 valence electrons. The molecule has 0 spiro atoms. The molecule has 0 unspecified atom stereocenters. The largest absolute Gasteiger partial charge is 0.494 e. The van der Waals surface area contributed by atoms with Crippen molar-refractivity contribution in [1.29, 1.82) is 0 Å². The van der Waals surface area contributed by atoms with Gasteiger partial charge < -0.3 is 24.3 Å². The van der Waals surface area contributed by atoms with Crippen LogP contribution in [0.1, 0.15) is 82.0 Å². The van der Waals surface area contributed by atoms with Crippen molar-refractivity contribution in [3.63, 3.8) is 0 Å². The number of amides is 1. The molecule has 1 aromatic heterocycles. The number of carbonyl (C=O) groups is 2. The molecular weight excluding hydrogens is 715 g/mol. The lowest BCUT2D eigenvalue weighted by atomic mass is 9.48. The van der Waals surface area contributed by atoms with Gasteiger partial charge in [-0.05, 0) is 142 Å². The Morgan fingerprint density at radius 1 is 0.909 bits per heavy atom. The van der Waals surface area contributed by atoms with Gasteiger partial charge >= 0.3 is 5.97 Å². The van der Waals surface area contributed by atoms with E-state index in [1.807, 2.05) is 43.3 Å². The molecule has 0 saturated heterocycles. The van der Waals surface area contributed by atoms with Crippen molar-refractivity contribution < 1.29 is 28.5 Å². The number of esters is 1. The fraction of sp³-hybridized carbons (Fsp3) is 0.409. The summed E-state index contributed by atoms with van der Waals surface area (Å²) < 4.78 is 24.6. The molecule has 4 aromatic rings. The van der Waals surface area contributed by atoms with Crippen LogP contribution in [0.5, 0.6) is 17.2 Å². The molecule has 4 saturated carbocycles. The highest BCUT2D eigenvalue weighted by atomic mass is 32.1. The Labute approximate surface area is 324 Å². The Bertz CT molecular complexity index is 2290. The Morgan fingerprint density at radius 2 is 1.60 bits per heavy atom. The van der Waals surface area contributed by atoms with Crippen LogP contribution in [0.3, 0.4) is 0 Å². The Hall–Kier alpha value is -5.16. The smallest absolute Gasteiger partial charge is 0.338 e. The van der Waals surface area contributed by atoms with Crippen LogP contribution in [-0.4, -0.2) is 43.4 Å². The van der Waals surface area contributed by atoms with E-state index in [0.717, 1.165) is 29.0 Å². The highest BCUT2D eigenvalue weighted by molar-refractivity contribution is 7.07. The summed E-state index contributed by atoms with van der Waals surface area (Å²) in [6.07, 6.45) is 9.91. The zero-order valence-corrected chi connectivity index (χ0v) is 32.6. The third-order valence-electron chi connectivity index (χ3n) is 11.7. The highest BCUT2D eigenvalue weighted by Gasteiger charge is 2.51. The topological polar surface area (TPSA) is 117 Å². The lowest BCUT2D eigenvalue weighted by molar-refractivity contribution is -0.139. The maximum atomic E-state index is 14.1. The number of methoxy groups -OCH3 is 1. The summed E-state index contributed by atoms with van der Waals surface area (Å²) in [5.74, 6) is 3.36. The molecule has 4 bridgehead atoms.